The Labute approximate surface area is 298 Å². The first-order valence-corrected chi connectivity index (χ1v) is 20.5. The van der Waals surface area contributed by atoms with Crippen molar-refractivity contribution in [3.8, 4) is 0 Å². The molecule has 0 aliphatic carbocycles. The molecular formula is C39H43FN6O4Si. The average molecular weight is 707 g/mol. The third-order valence-corrected chi connectivity index (χ3v) is 13.0. The summed E-state index contributed by atoms with van der Waals surface area (Å²) in [6.45, 7) is 9.66. The summed E-state index contributed by atoms with van der Waals surface area (Å²) < 4.78 is 25.1. The predicted molar refractivity (Wildman–Crippen MR) is 197 cm³/mol. The van der Waals surface area contributed by atoms with Crippen molar-refractivity contribution in [1.29, 1.82) is 0 Å². The van der Waals surface area contributed by atoms with E-state index in [4.69, 9.17) is 9.84 Å². The number of aromatic nitrogens is 3. The number of carbonyl (C=O) groups is 2. The smallest absolute Gasteiger partial charge is 0.264 e. The van der Waals surface area contributed by atoms with Crippen LogP contribution in [-0.4, -0.2) is 65.3 Å². The number of rotatable bonds is 11. The van der Waals surface area contributed by atoms with Crippen molar-refractivity contribution in [2.75, 3.05) is 23.1 Å². The van der Waals surface area contributed by atoms with Crippen molar-refractivity contribution in [3.05, 3.63) is 120 Å². The van der Waals surface area contributed by atoms with Crippen molar-refractivity contribution in [3.63, 3.8) is 0 Å². The third-order valence-electron chi connectivity index (χ3n) is 10.6. The van der Waals surface area contributed by atoms with Crippen LogP contribution in [0.1, 0.15) is 54.5 Å². The van der Waals surface area contributed by atoms with Crippen LogP contribution >= 0.6 is 0 Å². The molecule has 4 aromatic rings. The number of aliphatic hydroxyl groups excluding tert-OH is 1. The minimum absolute atomic E-state index is 0.120. The SMILES string of the molecule is C=CCN1C(=O)[C@]2(O[C@H](CCn3cc(C(CO)c4ccccc4)nn3)[C@@H]([Si](C)(C)F)[C@@H]2C)c2cc(N3N=C(c4ccccc4)CCC3=O)ccc21. The number of benzene rings is 3. The maximum absolute atomic E-state index is 16.5. The molecule has 10 nitrogen and oxygen atoms in total. The highest BCUT2D eigenvalue weighted by Gasteiger charge is 2.66. The molecule has 3 aliphatic rings. The second kappa shape index (κ2) is 13.7. The summed E-state index contributed by atoms with van der Waals surface area (Å²) in [4.78, 5) is 29.6. The molecule has 1 N–H and O–H groups in total. The van der Waals surface area contributed by atoms with Gasteiger partial charge in [0.2, 0.25) is 14.3 Å². The molecule has 3 aromatic carbocycles. The molecule has 2 amide bonds. The minimum atomic E-state index is -3.42. The van der Waals surface area contributed by atoms with E-state index in [0.717, 1.165) is 16.8 Å². The van der Waals surface area contributed by atoms with E-state index in [1.165, 1.54) is 5.01 Å². The zero-order valence-electron chi connectivity index (χ0n) is 29.2. The van der Waals surface area contributed by atoms with Crippen LogP contribution in [0.25, 0.3) is 0 Å². The number of carbonyl (C=O) groups excluding carboxylic acids is 2. The molecule has 51 heavy (non-hydrogen) atoms. The number of nitrogens with zero attached hydrogens (tertiary/aromatic N) is 6. The van der Waals surface area contributed by atoms with Crippen molar-refractivity contribution >= 4 is 37.3 Å². The fraction of sp³-hybridized carbons (Fsp3) is 0.359. The van der Waals surface area contributed by atoms with Crippen LogP contribution in [0.4, 0.5) is 15.5 Å². The van der Waals surface area contributed by atoms with E-state index in [0.29, 0.717) is 48.4 Å². The van der Waals surface area contributed by atoms with Gasteiger partial charge in [-0.3, -0.25) is 14.3 Å². The lowest BCUT2D eigenvalue weighted by Crippen LogP contribution is -2.45. The van der Waals surface area contributed by atoms with Gasteiger partial charge in [0, 0.05) is 49.2 Å². The van der Waals surface area contributed by atoms with Gasteiger partial charge in [-0.05, 0) is 48.8 Å². The molecule has 0 radical (unpaired) electrons. The zero-order chi connectivity index (χ0) is 35.9. The van der Waals surface area contributed by atoms with Gasteiger partial charge >= 0.3 is 0 Å². The van der Waals surface area contributed by atoms with Gasteiger partial charge in [-0.25, -0.2) is 5.01 Å². The normalized spacial score (nSPS) is 23.9. The van der Waals surface area contributed by atoms with Gasteiger partial charge in [0.15, 0.2) is 5.60 Å². The highest BCUT2D eigenvalue weighted by atomic mass is 28.4. The Kier molecular flexibility index (Phi) is 9.34. The predicted octanol–water partition coefficient (Wildman–Crippen LogP) is 6.33. The number of hydrazone groups is 1. The van der Waals surface area contributed by atoms with Gasteiger partial charge in [-0.2, -0.15) is 5.10 Å². The monoisotopic (exact) mass is 706 g/mol. The van der Waals surface area contributed by atoms with E-state index in [1.54, 1.807) is 34.8 Å². The lowest BCUT2D eigenvalue weighted by molar-refractivity contribution is -0.145. The lowest BCUT2D eigenvalue weighted by atomic mass is 9.82. The Morgan fingerprint density at radius 3 is 2.49 bits per heavy atom. The number of halogens is 1. The van der Waals surface area contributed by atoms with Gasteiger partial charge in [-0.15, -0.1) is 11.7 Å². The molecule has 4 heterocycles. The molecule has 12 heteroatoms. The maximum atomic E-state index is 16.5. The largest absolute Gasteiger partial charge is 0.395 e. The Hall–Kier alpha value is -4.78. The second-order valence-electron chi connectivity index (χ2n) is 14.1. The molecule has 1 saturated heterocycles. The first-order valence-electron chi connectivity index (χ1n) is 17.5. The summed E-state index contributed by atoms with van der Waals surface area (Å²) in [6.07, 6.45) is 4.10. The number of aryl methyl sites for hydroxylation is 1. The van der Waals surface area contributed by atoms with Crippen LogP contribution in [0.15, 0.2) is 103 Å². The third kappa shape index (κ3) is 6.15. The average Bonchev–Trinajstić information content (AvgIpc) is 3.79. The molecule has 1 spiro atoms. The van der Waals surface area contributed by atoms with Crippen LogP contribution in [0.3, 0.4) is 0 Å². The van der Waals surface area contributed by atoms with E-state index < -0.39 is 31.6 Å². The Morgan fingerprint density at radius 2 is 1.80 bits per heavy atom. The molecular weight excluding hydrogens is 664 g/mol. The van der Waals surface area contributed by atoms with Crippen LogP contribution < -0.4 is 9.91 Å². The number of hydrogen-bond donors (Lipinski definition) is 1. The molecule has 0 bridgehead atoms. The summed E-state index contributed by atoms with van der Waals surface area (Å²) in [5, 5.41) is 25.0. The molecule has 3 aliphatic heterocycles. The van der Waals surface area contributed by atoms with Crippen LogP contribution in [-0.2, 0) is 26.5 Å². The van der Waals surface area contributed by atoms with Crippen LogP contribution in [0, 0.1) is 5.92 Å². The standard InChI is InChI=1S/C39H43FN6O4Si/c1-5-21-45-34-18-16-29(46-36(48)19-17-32(42-46)28-14-10-7-11-15-28)23-31(34)39(38(45)49)26(2)37(51(3,4)40)35(50-39)20-22-44-24-33(41-43-44)30(25-47)27-12-8-6-9-13-27/h5-16,18,23-24,26,30,35,37,47H,1,17,19-22,25H2,2-4H3/t26-,30?,35+,37-,39+/m0/s1. The number of ether oxygens (including phenoxy) is 1. The van der Waals surface area contributed by atoms with Crippen LogP contribution in [0.2, 0.25) is 18.6 Å². The Balaban J connectivity index is 1.22. The minimum Gasteiger partial charge on any atom is -0.395 e. The Bertz CT molecular complexity index is 1960. The number of amides is 2. The van der Waals surface area contributed by atoms with Gasteiger partial charge < -0.3 is 18.9 Å². The highest BCUT2D eigenvalue weighted by molar-refractivity contribution is 6.72. The number of hydrogen-bond acceptors (Lipinski definition) is 7. The second-order valence-corrected chi connectivity index (χ2v) is 17.9. The summed E-state index contributed by atoms with van der Waals surface area (Å²) in [6, 6.07) is 24.9. The summed E-state index contributed by atoms with van der Waals surface area (Å²) in [7, 11) is -3.42. The molecule has 264 valence electrons. The number of fused-ring (bicyclic) bond motifs is 2. The lowest BCUT2D eigenvalue weighted by Gasteiger charge is -2.31. The first-order chi connectivity index (χ1) is 24.6. The molecule has 5 atom stereocenters. The van der Waals surface area contributed by atoms with Crippen molar-refractivity contribution < 1.29 is 23.5 Å². The fourth-order valence-electron chi connectivity index (χ4n) is 8.24. The van der Waals surface area contributed by atoms with E-state index in [2.05, 4.69) is 16.9 Å². The van der Waals surface area contributed by atoms with Crippen LogP contribution in [0.5, 0.6) is 0 Å². The van der Waals surface area contributed by atoms with E-state index in [9.17, 15) is 14.7 Å². The maximum Gasteiger partial charge on any atom is 0.264 e. The van der Waals surface area contributed by atoms with Crippen molar-refractivity contribution in [2.24, 2.45) is 11.0 Å². The molecule has 1 unspecified atom stereocenters. The number of aliphatic hydroxyl groups is 1. The molecule has 1 aromatic heterocycles. The Morgan fingerprint density at radius 1 is 1.08 bits per heavy atom. The van der Waals surface area contributed by atoms with Crippen molar-refractivity contribution in [2.45, 2.75) is 69.0 Å². The molecule has 7 rings (SSSR count). The molecule has 0 saturated carbocycles. The summed E-state index contributed by atoms with van der Waals surface area (Å²) in [5.41, 5.74) is 3.12. The van der Waals surface area contributed by atoms with Gasteiger partial charge in [-0.1, -0.05) is 78.9 Å². The quantitative estimate of drug-likeness (QED) is 0.111. The summed E-state index contributed by atoms with van der Waals surface area (Å²) >= 11 is 0. The van der Waals surface area contributed by atoms with E-state index in [-0.39, 0.29) is 30.9 Å². The van der Waals surface area contributed by atoms with E-state index in [1.807, 2.05) is 85.9 Å². The van der Waals surface area contributed by atoms with Gasteiger partial charge in [0.25, 0.3) is 5.91 Å². The summed E-state index contributed by atoms with van der Waals surface area (Å²) in [5.74, 6) is -1.24. The topological polar surface area (TPSA) is 113 Å². The fourth-order valence-corrected chi connectivity index (χ4v) is 10.8. The van der Waals surface area contributed by atoms with Crippen molar-refractivity contribution in [1.82, 2.24) is 15.0 Å². The number of anilines is 2. The van der Waals surface area contributed by atoms with Gasteiger partial charge in [0.05, 0.1) is 41.4 Å². The zero-order valence-corrected chi connectivity index (χ0v) is 30.2. The first kappa shape index (κ1) is 34.7. The van der Waals surface area contributed by atoms with E-state index >= 15 is 4.11 Å². The van der Waals surface area contributed by atoms with Gasteiger partial charge in [0.1, 0.15) is 0 Å². The molecule has 1 fully saturated rings. The highest BCUT2D eigenvalue weighted by Crippen LogP contribution is 2.60.